The van der Waals surface area contributed by atoms with Crippen LogP contribution < -0.4 is 11.1 Å². The van der Waals surface area contributed by atoms with Gasteiger partial charge in [0.05, 0.1) is 5.69 Å². The van der Waals surface area contributed by atoms with Gasteiger partial charge in [0, 0.05) is 12.6 Å². The van der Waals surface area contributed by atoms with E-state index < -0.39 is 0 Å². The molecule has 18 heavy (non-hydrogen) atoms. The monoisotopic (exact) mass is 261 g/mol. The highest BCUT2D eigenvalue weighted by atomic mass is 32.1. The Balaban J connectivity index is 2.10. The van der Waals surface area contributed by atoms with Crippen molar-refractivity contribution in [2.24, 2.45) is 0 Å². The minimum absolute atomic E-state index is 0.298. The van der Waals surface area contributed by atoms with E-state index in [4.69, 9.17) is 16.3 Å². The van der Waals surface area contributed by atoms with Gasteiger partial charge in [-0.2, -0.15) is 10.5 Å². The molecule has 1 atom stereocenters. The SMILES string of the molecule is CN1CCCC1CNc1sc(C#N)c(N)c1C#N. The van der Waals surface area contributed by atoms with Crippen LogP contribution in [0.25, 0.3) is 0 Å². The molecule has 1 unspecified atom stereocenters. The summed E-state index contributed by atoms with van der Waals surface area (Å²) in [4.78, 5) is 2.72. The predicted molar refractivity (Wildman–Crippen MR) is 72.3 cm³/mol. The van der Waals surface area contributed by atoms with Crippen LogP contribution in [0.3, 0.4) is 0 Å². The van der Waals surface area contributed by atoms with Crippen LogP contribution in [-0.4, -0.2) is 31.1 Å². The molecule has 1 aliphatic rings. The predicted octanol–water partition coefficient (Wildman–Crippen LogP) is 1.58. The maximum atomic E-state index is 9.07. The topological polar surface area (TPSA) is 88.9 Å². The first-order valence-corrected chi connectivity index (χ1v) is 6.65. The lowest BCUT2D eigenvalue weighted by Crippen LogP contribution is -2.31. The second kappa shape index (κ2) is 5.26. The normalized spacial score (nSPS) is 19.4. The number of nitriles is 2. The van der Waals surface area contributed by atoms with Crippen LogP contribution in [0.15, 0.2) is 0 Å². The number of nitrogens with one attached hydrogen (secondary N) is 1. The molecule has 6 heteroatoms. The average molecular weight is 261 g/mol. The Labute approximate surface area is 110 Å². The fraction of sp³-hybridized carbons (Fsp3) is 0.500. The van der Waals surface area contributed by atoms with Crippen molar-refractivity contribution in [3.05, 3.63) is 10.4 Å². The van der Waals surface area contributed by atoms with Gasteiger partial charge < -0.3 is 16.0 Å². The number of likely N-dealkylation sites (tertiary alicyclic amines) is 1. The molecule has 0 bridgehead atoms. The molecule has 1 aliphatic heterocycles. The minimum atomic E-state index is 0.298. The van der Waals surface area contributed by atoms with Gasteiger partial charge in [0.1, 0.15) is 27.6 Å². The molecule has 1 aromatic rings. The molecule has 0 aromatic carbocycles. The molecule has 2 rings (SSSR count). The zero-order valence-electron chi connectivity index (χ0n) is 10.2. The maximum absolute atomic E-state index is 9.07. The molecule has 0 amide bonds. The largest absolute Gasteiger partial charge is 0.396 e. The van der Waals surface area contributed by atoms with E-state index in [0.29, 0.717) is 27.2 Å². The van der Waals surface area contributed by atoms with Gasteiger partial charge in [-0.15, -0.1) is 11.3 Å². The van der Waals surface area contributed by atoms with Crippen LogP contribution >= 0.6 is 11.3 Å². The fourth-order valence-electron chi connectivity index (χ4n) is 2.21. The molecule has 5 nitrogen and oxygen atoms in total. The molecular weight excluding hydrogens is 246 g/mol. The van der Waals surface area contributed by atoms with Crippen LogP contribution in [-0.2, 0) is 0 Å². The second-order valence-electron chi connectivity index (χ2n) is 4.43. The summed E-state index contributed by atoms with van der Waals surface area (Å²) in [5, 5.41) is 21.9. The zero-order valence-corrected chi connectivity index (χ0v) is 11.0. The summed E-state index contributed by atoms with van der Waals surface area (Å²) in [5.41, 5.74) is 6.45. The van der Waals surface area contributed by atoms with Crippen molar-refractivity contribution in [3.8, 4) is 12.1 Å². The summed E-state index contributed by atoms with van der Waals surface area (Å²) in [6.45, 7) is 1.91. The van der Waals surface area contributed by atoms with E-state index in [0.717, 1.165) is 19.5 Å². The van der Waals surface area contributed by atoms with Crippen molar-refractivity contribution in [1.82, 2.24) is 4.90 Å². The maximum Gasteiger partial charge on any atom is 0.131 e. The van der Waals surface area contributed by atoms with E-state index >= 15 is 0 Å². The summed E-state index contributed by atoms with van der Waals surface area (Å²) in [5.74, 6) is 0. The van der Waals surface area contributed by atoms with Crippen LogP contribution in [0.2, 0.25) is 0 Å². The smallest absolute Gasteiger partial charge is 0.131 e. The van der Waals surface area contributed by atoms with E-state index in [9.17, 15) is 0 Å². The number of hydrogen-bond donors (Lipinski definition) is 2. The van der Waals surface area contributed by atoms with Crippen molar-refractivity contribution in [2.45, 2.75) is 18.9 Å². The third kappa shape index (κ3) is 2.26. The quantitative estimate of drug-likeness (QED) is 0.862. The number of likely N-dealkylation sites (N-methyl/N-ethyl adjacent to an activating group) is 1. The summed E-state index contributed by atoms with van der Waals surface area (Å²) < 4.78 is 0. The molecule has 1 saturated heterocycles. The van der Waals surface area contributed by atoms with E-state index in [1.165, 1.54) is 17.8 Å². The van der Waals surface area contributed by atoms with Crippen LogP contribution in [0.4, 0.5) is 10.7 Å². The molecular formula is C12H15N5S. The molecule has 0 aliphatic carbocycles. The van der Waals surface area contributed by atoms with E-state index in [1.54, 1.807) is 0 Å². The number of nitrogen functional groups attached to an aromatic ring is 1. The second-order valence-corrected chi connectivity index (χ2v) is 5.45. The highest BCUT2D eigenvalue weighted by Crippen LogP contribution is 2.34. The highest BCUT2D eigenvalue weighted by molar-refractivity contribution is 7.17. The summed E-state index contributed by atoms with van der Waals surface area (Å²) in [6, 6.07) is 4.57. The molecule has 2 heterocycles. The third-order valence-corrected chi connectivity index (χ3v) is 4.40. The fourth-order valence-corrected chi connectivity index (χ4v) is 3.09. The van der Waals surface area contributed by atoms with Gasteiger partial charge in [-0.25, -0.2) is 0 Å². The Morgan fingerprint density at radius 3 is 2.83 bits per heavy atom. The Morgan fingerprint density at radius 1 is 1.50 bits per heavy atom. The van der Waals surface area contributed by atoms with Crippen LogP contribution in [0, 0.1) is 22.7 Å². The minimum Gasteiger partial charge on any atom is -0.396 e. The molecule has 1 fully saturated rings. The number of rotatable bonds is 3. The van der Waals surface area contributed by atoms with Gasteiger partial charge in [-0.05, 0) is 26.4 Å². The number of hydrogen-bond acceptors (Lipinski definition) is 6. The number of nitrogens with zero attached hydrogens (tertiary/aromatic N) is 3. The van der Waals surface area contributed by atoms with Gasteiger partial charge in [0.2, 0.25) is 0 Å². The number of nitrogens with two attached hydrogens (primary N) is 1. The molecule has 1 aromatic heterocycles. The number of anilines is 2. The van der Waals surface area contributed by atoms with Crippen LogP contribution in [0.5, 0.6) is 0 Å². The Kier molecular flexibility index (Phi) is 3.71. The van der Waals surface area contributed by atoms with Gasteiger partial charge in [0.25, 0.3) is 0 Å². The Hall–Kier alpha value is -1.76. The van der Waals surface area contributed by atoms with Crippen molar-refractivity contribution in [1.29, 1.82) is 10.5 Å². The van der Waals surface area contributed by atoms with Crippen molar-refractivity contribution in [3.63, 3.8) is 0 Å². The van der Waals surface area contributed by atoms with Crippen LogP contribution in [0.1, 0.15) is 23.3 Å². The molecule has 3 N–H and O–H groups in total. The van der Waals surface area contributed by atoms with Gasteiger partial charge in [0.15, 0.2) is 0 Å². The lowest BCUT2D eigenvalue weighted by Gasteiger charge is -2.19. The average Bonchev–Trinajstić information content (AvgIpc) is 2.90. The van der Waals surface area contributed by atoms with E-state index in [2.05, 4.69) is 23.3 Å². The van der Waals surface area contributed by atoms with Crippen molar-refractivity contribution >= 4 is 22.0 Å². The standard InChI is InChI=1S/C12H15N5S/c1-17-4-2-3-8(17)7-16-12-9(5-13)11(15)10(6-14)18-12/h8,16H,2-4,7,15H2,1H3. The lowest BCUT2D eigenvalue weighted by molar-refractivity contribution is 0.322. The first kappa shape index (κ1) is 12.7. The first-order chi connectivity index (χ1) is 8.67. The summed E-state index contributed by atoms with van der Waals surface area (Å²) in [6.07, 6.45) is 2.38. The number of thiophene rings is 1. The van der Waals surface area contributed by atoms with Crippen molar-refractivity contribution in [2.75, 3.05) is 31.2 Å². The third-order valence-electron chi connectivity index (χ3n) is 3.33. The Morgan fingerprint density at radius 2 is 2.28 bits per heavy atom. The first-order valence-electron chi connectivity index (χ1n) is 5.84. The van der Waals surface area contributed by atoms with E-state index in [1.807, 2.05) is 6.07 Å². The van der Waals surface area contributed by atoms with Crippen molar-refractivity contribution < 1.29 is 0 Å². The lowest BCUT2D eigenvalue weighted by atomic mass is 10.2. The molecule has 0 saturated carbocycles. The highest BCUT2D eigenvalue weighted by Gasteiger charge is 2.22. The molecule has 94 valence electrons. The summed E-state index contributed by atoms with van der Waals surface area (Å²) in [7, 11) is 2.11. The molecule has 0 spiro atoms. The van der Waals surface area contributed by atoms with Gasteiger partial charge >= 0.3 is 0 Å². The van der Waals surface area contributed by atoms with Gasteiger partial charge in [-0.3, -0.25) is 0 Å². The van der Waals surface area contributed by atoms with Gasteiger partial charge in [-0.1, -0.05) is 0 Å². The van der Waals surface area contributed by atoms with E-state index in [-0.39, 0.29) is 0 Å². The molecule has 0 radical (unpaired) electrons. The Bertz CT molecular complexity index is 522. The zero-order chi connectivity index (χ0) is 13.1. The summed E-state index contributed by atoms with van der Waals surface area (Å²) >= 11 is 1.26.